The highest BCUT2D eigenvalue weighted by molar-refractivity contribution is 6.34. The summed E-state index contributed by atoms with van der Waals surface area (Å²) < 4.78 is 30.6. The highest BCUT2D eigenvalue weighted by Crippen LogP contribution is 2.50. The number of amides is 1. The lowest BCUT2D eigenvalue weighted by Crippen LogP contribution is -2.54. The maximum Gasteiger partial charge on any atom is 0.312 e. The summed E-state index contributed by atoms with van der Waals surface area (Å²) in [7, 11) is 1.54. The zero-order chi connectivity index (χ0) is 45.3. The molecule has 2 saturated heterocycles. The largest absolute Gasteiger partial charge is 0.507 e. The van der Waals surface area contributed by atoms with Crippen molar-refractivity contribution in [3.8, 4) is 11.5 Å². The number of rotatable bonds is 13. The van der Waals surface area contributed by atoms with E-state index < -0.39 is 52.3 Å². The van der Waals surface area contributed by atoms with E-state index in [4.69, 9.17) is 28.7 Å². The number of ether oxygens (including phenoxy) is 5. The molecule has 6 rings (SSSR count). The Morgan fingerprint density at radius 2 is 1.69 bits per heavy atom. The van der Waals surface area contributed by atoms with Crippen LogP contribution in [0.4, 0.5) is 0 Å². The number of benzene rings is 1. The van der Waals surface area contributed by atoms with Gasteiger partial charge >= 0.3 is 5.79 Å². The summed E-state index contributed by atoms with van der Waals surface area (Å²) in [6.45, 7) is 29.1. The number of aliphatic hydroxyl groups excluding tert-OH is 1. The molecule has 1 spiro atoms. The Hall–Kier alpha value is -3.82. The van der Waals surface area contributed by atoms with Crippen LogP contribution >= 0.6 is 0 Å². The third-order valence-corrected chi connectivity index (χ3v) is 14.1. The van der Waals surface area contributed by atoms with Crippen LogP contribution in [-0.4, -0.2) is 107 Å². The molecule has 0 radical (unpaired) electrons. The van der Waals surface area contributed by atoms with Crippen molar-refractivity contribution in [2.45, 2.75) is 151 Å². The van der Waals surface area contributed by atoms with Crippen LogP contribution in [0.15, 0.2) is 28.7 Å². The average Bonchev–Trinajstić information content (AvgIpc) is 3.68. The van der Waals surface area contributed by atoms with Crippen molar-refractivity contribution >= 4 is 23.2 Å². The molecule has 8 atom stereocenters. The predicted molar refractivity (Wildman–Crippen MR) is 231 cm³/mol. The van der Waals surface area contributed by atoms with Crippen LogP contribution < -0.4 is 15.4 Å². The Bertz CT molecular complexity index is 2010. The van der Waals surface area contributed by atoms with Gasteiger partial charge in [0, 0.05) is 80.8 Å². The van der Waals surface area contributed by atoms with E-state index in [9.17, 15) is 24.6 Å². The van der Waals surface area contributed by atoms with Gasteiger partial charge in [-0.1, -0.05) is 62.3 Å². The third-order valence-electron chi connectivity index (χ3n) is 14.1. The molecule has 61 heavy (non-hydrogen) atoms. The predicted octanol–water partition coefficient (Wildman–Crippen LogP) is 6.39. The average molecular weight is 851 g/mol. The molecule has 2 fully saturated rings. The lowest BCUT2D eigenvalue weighted by atomic mass is 9.79. The van der Waals surface area contributed by atoms with Crippen LogP contribution in [-0.2, 0) is 23.7 Å². The standard InChI is InChI=1S/C47H70N4O10/c1-23(2)22-51-19-17-47(18-20-51)49-34-31-32(39(54)36(35(34)50-47)48-43(56)44(10,11)24(3)4)38(53)28(8)41-33(31)42(55)46(14,61-41)58-21-16-30(57-15)26(6)37(52)27(7)40-25(5)29(9)59-45(12,13)60-40/h16,21,23-27,29-30,37,40,50,52-53H,17-20,22H2,1-15H3,(H,48,56)/b21-16+/t25-,26-,27+,29+,30+,37-,40-,46+/m1/s1. The summed E-state index contributed by atoms with van der Waals surface area (Å²) in [6, 6.07) is 0. The Morgan fingerprint density at radius 1 is 1.05 bits per heavy atom. The molecular weight excluding hydrogens is 781 g/mol. The van der Waals surface area contributed by atoms with Gasteiger partial charge in [-0.25, -0.2) is 0 Å². The van der Waals surface area contributed by atoms with Gasteiger partial charge in [0.25, 0.3) is 5.78 Å². The molecule has 1 aliphatic carbocycles. The van der Waals surface area contributed by atoms with E-state index >= 15 is 0 Å². The summed E-state index contributed by atoms with van der Waals surface area (Å²) in [6.07, 6.45) is 2.42. The molecule has 4 aliphatic heterocycles. The van der Waals surface area contributed by atoms with Gasteiger partial charge in [-0.3, -0.25) is 19.4 Å². The minimum absolute atomic E-state index is 0.0123. The number of fused-ring (bicyclic) bond motifs is 5. The van der Waals surface area contributed by atoms with Crippen molar-refractivity contribution in [1.29, 1.82) is 0 Å². The number of carbonyl (C=O) groups is 3. The first-order valence-corrected chi connectivity index (χ1v) is 22.1. The number of allylic oxidation sites excluding steroid dienone is 2. The number of nitrogens with one attached hydrogen (secondary N) is 2. The van der Waals surface area contributed by atoms with Crippen molar-refractivity contribution in [2.75, 3.05) is 26.7 Å². The van der Waals surface area contributed by atoms with Crippen LogP contribution in [0, 0.1) is 41.9 Å². The number of hydrogen-bond acceptors (Lipinski definition) is 13. The molecule has 1 aromatic carbocycles. The molecular formula is C47H70N4O10. The molecule has 14 nitrogen and oxygen atoms in total. The van der Waals surface area contributed by atoms with Gasteiger partial charge in [0.1, 0.15) is 22.9 Å². The van der Waals surface area contributed by atoms with Gasteiger partial charge in [-0.2, -0.15) is 0 Å². The number of aliphatic hydroxyl groups is 1. The van der Waals surface area contributed by atoms with Crippen LogP contribution in [0.3, 0.4) is 0 Å². The molecule has 0 bridgehead atoms. The van der Waals surface area contributed by atoms with Crippen LogP contribution in [0.25, 0.3) is 0 Å². The van der Waals surface area contributed by atoms with Crippen LogP contribution in [0.2, 0.25) is 0 Å². The van der Waals surface area contributed by atoms with E-state index in [1.165, 1.54) is 20.3 Å². The van der Waals surface area contributed by atoms with Crippen molar-refractivity contribution in [1.82, 2.24) is 15.5 Å². The van der Waals surface area contributed by atoms with E-state index in [0.717, 1.165) is 19.6 Å². The van der Waals surface area contributed by atoms with Crippen molar-refractivity contribution in [3.63, 3.8) is 0 Å². The number of likely N-dealkylation sites (tertiary alicyclic amines) is 1. The molecule has 5 aliphatic rings. The fraction of sp³-hybridized carbons (Fsp3) is 0.702. The lowest BCUT2D eigenvalue weighted by molar-refractivity contribution is -0.328. The second kappa shape index (κ2) is 16.7. The van der Waals surface area contributed by atoms with E-state index in [1.807, 2.05) is 62.3 Å². The first-order valence-electron chi connectivity index (χ1n) is 22.1. The van der Waals surface area contributed by atoms with Gasteiger partial charge in [-0.15, -0.1) is 0 Å². The number of hydrogen-bond donors (Lipinski definition) is 4. The normalized spacial score (nSPS) is 28.0. The van der Waals surface area contributed by atoms with E-state index in [0.29, 0.717) is 30.2 Å². The smallest absolute Gasteiger partial charge is 0.312 e. The molecule has 4 heterocycles. The van der Waals surface area contributed by atoms with Gasteiger partial charge in [0.15, 0.2) is 5.79 Å². The first kappa shape index (κ1) is 46.7. The second-order valence-electron chi connectivity index (χ2n) is 20.0. The third kappa shape index (κ3) is 8.39. The Balaban J connectivity index is 1.32. The summed E-state index contributed by atoms with van der Waals surface area (Å²) in [5.41, 5.74) is -0.754. The minimum atomic E-state index is -1.90. The SMILES string of the molecule is CO[C@@H](/C=C/O[C@@]1(C)Oc2c(C)c(O)c3c(c2C1=O)C1=NC2(CCN(CC(C)C)CC2)NC1=C(NC(=O)C(C)(C)C(C)C)C3=O)[C@@H](C)[C@@H](O)[C@H](C)[C@@H]1OC(C)(C)O[C@@H](C)[C@H]1C. The maximum atomic E-state index is 14.7. The molecule has 0 saturated carbocycles. The highest BCUT2D eigenvalue weighted by Gasteiger charge is 2.55. The molecule has 1 aromatic rings. The number of piperidine rings is 1. The van der Waals surface area contributed by atoms with Crippen molar-refractivity contribution in [3.05, 3.63) is 46.0 Å². The molecule has 0 unspecified atom stereocenters. The molecule has 4 N–H and O–H groups in total. The molecule has 1 amide bonds. The van der Waals surface area contributed by atoms with E-state index in [1.54, 1.807) is 13.0 Å². The zero-order valence-corrected chi connectivity index (χ0v) is 38.9. The van der Waals surface area contributed by atoms with E-state index in [2.05, 4.69) is 36.3 Å². The van der Waals surface area contributed by atoms with Gasteiger partial charge in [0.2, 0.25) is 11.7 Å². The number of Topliss-reactive ketones (excluding diaryl/α,β-unsaturated/α-hetero) is 2. The fourth-order valence-corrected chi connectivity index (χ4v) is 9.35. The van der Waals surface area contributed by atoms with Crippen LogP contribution in [0.1, 0.15) is 135 Å². The van der Waals surface area contributed by atoms with E-state index in [-0.39, 0.29) is 75.3 Å². The Labute approximate surface area is 361 Å². The van der Waals surface area contributed by atoms with Crippen molar-refractivity contribution < 1.29 is 48.3 Å². The van der Waals surface area contributed by atoms with Crippen LogP contribution in [0.5, 0.6) is 11.5 Å². The highest BCUT2D eigenvalue weighted by atomic mass is 16.7. The van der Waals surface area contributed by atoms with Gasteiger partial charge in [-0.05, 0) is 45.6 Å². The van der Waals surface area contributed by atoms with Crippen molar-refractivity contribution in [2.24, 2.45) is 40.0 Å². The topological polar surface area (TPSA) is 177 Å². The summed E-state index contributed by atoms with van der Waals surface area (Å²) in [4.78, 5) is 51.0. The monoisotopic (exact) mass is 851 g/mol. The fourth-order valence-electron chi connectivity index (χ4n) is 9.35. The Kier molecular flexibility index (Phi) is 12.8. The number of nitrogens with zero attached hydrogens (tertiary/aromatic N) is 2. The second-order valence-corrected chi connectivity index (χ2v) is 20.0. The number of carbonyl (C=O) groups excluding carboxylic acids is 3. The summed E-state index contributed by atoms with van der Waals surface area (Å²) >= 11 is 0. The quantitative estimate of drug-likeness (QED) is 0.161. The molecule has 338 valence electrons. The number of ketones is 2. The number of aliphatic imine (C=N–C) groups is 1. The summed E-state index contributed by atoms with van der Waals surface area (Å²) in [5, 5.41) is 29.9. The number of phenols is 1. The van der Waals surface area contributed by atoms with Gasteiger partial charge < -0.3 is 49.4 Å². The summed E-state index contributed by atoms with van der Waals surface area (Å²) in [5.74, 6) is -4.74. The molecule has 14 heteroatoms. The lowest BCUT2D eigenvalue weighted by Gasteiger charge is -2.47. The number of phenolic OH excluding ortho intramolecular Hbond substituents is 1. The maximum absolute atomic E-state index is 14.7. The Morgan fingerprint density at radius 3 is 2.28 bits per heavy atom. The number of methoxy groups -OCH3 is 1. The number of aromatic hydroxyl groups is 1. The van der Waals surface area contributed by atoms with Gasteiger partial charge in [0.05, 0.1) is 53.2 Å². The minimum Gasteiger partial charge on any atom is -0.507 e. The zero-order valence-electron chi connectivity index (χ0n) is 38.9. The molecule has 0 aromatic heterocycles. The first-order chi connectivity index (χ1) is 28.3.